The number of hydrogen-bond donors (Lipinski definition) is 0. The number of rotatable bonds is 2. The summed E-state index contributed by atoms with van der Waals surface area (Å²) in [5.74, 6) is 0.561. The number of benzene rings is 1. The van der Waals surface area contributed by atoms with Crippen LogP contribution in [-0.4, -0.2) is 30.0 Å². The Kier molecular flexibility index (Phi) is 3.29. The van der Waals surface area contributed by atoms with E-state index in [0.29, 0.717) is 5.56 Å². The maximum atomic E-state index is 12.7. The van der Waals surface area contributed by atoms with Gasteiger partial charge in [-0.1, -0.05) is 0 Å². The molecule has 16 heavy (non-hydrogen) atoms. The second kappa shape index (κ2) is 4.70. The summed E-state index contributed by atoms with van der Waals surface area (Å²) in [4.78, 5) is 14.7. The zero-order chi connectivity index (χ0) is 11.5. The van der Waals surface area contributed by atoms with Gasteiger partial charge in [-0.2, -0.15) is 0 Å². The van der Waals surface area contributed by atoms with Crippen molar-refractivity contribution in [1.82, 2.24) is 4.90 Å². The molecule has 0 unspecified atom stereocenters. The number of halogens is 1. The molecular formula is C12H12FNOS. The third kappa shape index (κ3) is 2.44. The van der Waals surface area contributed by atoms with Crippen LogP contribution in [-0.2, 0) is 0 Å². The van der Waals surface area contributed by atoms with Crippen molar-refractivity contribution < 1.29 is 9.18 Å². The van der Waals surface area contributed by atoms with Gasteiger partial charge in [-0.25, -0.2) is 4.39 Å². The van der Waals surface area contributed by atoms with E-state index in [1.54, 1.807) is 11.8 Å². The fourth-order valence-electron chi connectivity index (χ4n) is 1.47. The summed E-state index contributed by atoms with van der Waals surface area (Å²) in [7, 11) is 1.94. The van der Waals surface area contributed by atoms with Gasteiger partial charge in [-0.05, 0) is 24.3 Å². The molecule has 84 valence electrons. The van der Waals surface area contributed by atoms with Crippen molar-refractivity contribution in [2.75, 3.05) is 19.3 Å². The summed E-state index contributed by atoms with van der Waals surface area (Å²) in [5.41, 5.74) is 0.537. The standard InChI is InChI=1S/C12H12FNOS/c1-14-6-7-16-11(8-14)12(15)9-2-4-10(13)5-3-9/h2-5,8H,6-7H2,1H3. The van der Waals surface area contributed by atoms with Crippen molar-refractivity contribution in [2.45, 2.75) is 0 Å². The van der Waals surface area contributed by atoms with Crippen LogP contribution in [0, 0.1) is 5.82 Å². The van der Waals surface area contributed by atoms with E-state index in [1.165, 1.54) is 24.3 Å². The van der Waals surface area contributed by atoms with Gasteiger partial charge in [0.1, 0.15) is 5.82 Å². The second-order valence-corrected chi connectivity index (χ2v) is 4.80. The van der Waals surface area contributed by atoms with Crippen molar-refractivity contribution in [3.05, 3.63) is 46.8 Å². The number of hydrogen-bond acceptors (Lipinski definition) is 3. The second-order valence-electron chi connectivity index (χ2n) is 3.66. The van der Waals surface area contributed by atoms with E-state index in [-0.39, 0.29) is 11.6 Å². The highest BCUT2D eigenvalue weighted by Crippen LogP contribution is 2.24. The first-order valence-electron chi connectivity index (χ1n) is 5.02. The summed E-state index contributed by atoms with van der Waals surface area (Å²) in [6.07, 6.45) is 1.85. The molecule has 1 heterocycles. The molecule has 0 N–H and O–H groups in total. The molecule has 0 bridgehead atoms. The van der Waals surface area contributed by atoms with Gasteiger partial charge in [-0.15, -0.1) is 11.8 Å². The monoisotopic (exact) mass is 237 g/mol. The lowest BCUT2D eigenvalue weighted by molar-refractivity contribution is 0.104. The first-order chi connectivity index (χ1) is 7.66. The average Bonchev–Trinajstić information content (AvgIpc) is 2.29. The maximum absolute atomic E-state index is 12.7. The van der Waals surface area contributed by atoms with Crippen molar-refractivity contribution in [1.29, 1.82) is 0 Å². The Hall–Kier alpha value is -1.29. The third-order valence-corrected chi connectivity index (χ3v) is 3.36. The molecule has 0 aromatic heterocycles. The lowest BCUT2D eigenvalue weighted by atomic mass is 10.1. The molecule has 1 aromatic rings. The van der Waals surface area contributed by atoms with Crippen molar-refractivity contribution in [3.8, 4) is 0 Å². The number of carbonyl (C=O) groups excluding carboxylic acids is 1. The van der Waals surface area contributed by atoms with Crippen LogP contribution in [0.25, 0.3) is 0 Å². The fourth-order valence-corrected chi connectivity index (χ4v) is 2.57. The fraction of sp³-hybridized carbons (Fsp3) is 0.250. The Morgan fingerprint density at radius 1 is 1.38 bits per heavy atom. The quantitative estimate of drug-likeness (QED) is 0.737. The Bertz CT molecular complexity index is 427. The first kappa shape index (κ1) is 11.2. The molecule has 2 nitrogen and oxygen atoms in total. The lowest BCUT2D eigenvalue weighted by Gasteiger charge is -2.21. The molecule has 4 heteroatoms. The van der Waals surface area contributed by atoms with Crippen LogP contribution in [0.1, 0.15) is 10.4 Å². The zero-order valence-corrected chi connectivity index (χ0v) is 9.76. The Morgan fingerprint density at radius 2 is 2.06 bits per heavy atom. The molecule has 0 saturated carbocycles. The molecule has 0 saturated heterocycles. The molecule has 1 aromatic carbocycles. The van der Waals surface area contributed by atoms with E-state index in [9.17, 15) is 9.18 Å². The van der Waals surface area contributed by atoms with E-state index in [2.05, 4.69) is 0 Å². The SMILES string of the molecule is CN1C=C(C(=O)c2ccc(F)cc2)SCC1. The molecule has 0 amide bonds. The number of nitrogens with zero attached hydrogens (tertiary/aromatic N) is 1. The predicted octanol–water partition coefficient (Wildman–Crippen LogP) is 2.53. The molecule has 0 atom stereocenters. The van der Waals surface area contributed by atoms with E-state index < -0.39 is 0 Å². The van der Waals surface area contributed by atoms with Crippen LogP contribution in [0.2, 0.25) is 0 Å². The smallest absolute Gasteiger partial charge is 0.200 e. The highest BCUT2D eigenvalue weighted by molar-refractivity contribution is 8.04. The number of ketones is 1. The molecule has 0 aliphatic carbocycles. The number of thioether (sulfide) groups is 1. The Labute approximate surface area is 98.1 Å². The lowest BCUT2D eigenvalue weighted by Crippen LogP contribution is -2.21. The van der Waals surface area contributed by atoms with Crippen LogP contribution in [0.3, 0.4) is 0 Å². The van der Waals surface area contributed by atoms with E-state index in [4.69, 9.17) is 0 Å². The van der Waals surface area contributed by atoms with Crippen molar-refractivity contribution in [3.63, 3.8) is 0 Å². The predicted molar refractivity (Wildman–Crippen MR) is 63.9 cm³/mol. The van der Waals surface area contributed by atoms with Gasteiger partial charge < -0.3 is 4.90 Å². The van der Waals surface area contributed by atoms with Gasteiger partial charge in [0.05, 0.1) is 4.91 Å². The van der Waals surface area contributed by atoms with Gasteiger partial charge >= 0.3 is 0 Å². The molecule has 0 fully saturated rings. The largest absolute Gasteiger partial charge is 0.379 e. The molecule has 0 spiro atoms. The summed E-state index contributed by atoms with van der Waals surface area (Å²) in [6.45, 7) is 0.949. The highest BCUT2D eigenvalue weighted by Gasteiger charge is 2.16. The number of carbonyl (C=O) groups is 1. The van der Waals surface area contributed by atoms with E-state index in [1.807, 2.05) is 18.1 Å². The number of Topliss-reactive ketones (excluding diaryl/α,β-unsaturated/α-hetero) is 1. The highest BCUT2D eigenvalue weighted by atomic mass is 32.2. The van der Waals surface area contributed by atoms with E-state index >= 15 is 0 Å². The van der Waals surface area contributed by atoms with Crippen LogP contribution < -0.4 is 0 Å². The van der Waals surface area contributed by atoms with Gasteiger partial charge in [0.25, 0.3) is 0 Å². The van der Waals surface area contributed by atoms with Crippen LogP contribution >= 0.6 is 11.8 Å². The van der Waals surface area contributed by atoms with Crippen LogP contribution in [0.15, 0.2) is 35.4 Å². The first-order valence-corrected chi connectivity index (χ1v) is 6.00. The summed E-state index contributed by atoms with van der Waals surface area (Å²) in [5, 5.41) is 0. The third-order valence-electron chi connectivity index (χ3n) is 2.37. The summed E-state index contributed by atoms with van der Waals surface area (Å²) < 4.78 is 12.7. The molecule has 1 aliphatic rings. The molecule has 1 aliphatic heterocycles. The van der Waals surface area contributed by atoms with Gasteiger partial charge in [0, 0.05) is 31.1 Å². The van der Waals surface area contributed by atoms with Gasteiger partial charge in [0.15, 0.2) is 0 Å². The normalized spacial score (nSPS) is 15.9. The van der Waals surface area contributed by atoms with Crippen molar-refractivity contribution in [2.24, 2.45) is 0 Å². The summed E-state index contributed by atoms with van der Waals surface area (Å²) in [6, 6.07) is 5.66. The average molecular weight is 237 g/mol. The van der Waals surface area contributed by atoms with Crippen LogP contribution in [0.5, 0.6) is 0 Å². The Balaban J connectivity index is 2.22. The Morgan fingerprint density at radius 3 is 2.69 bits per heavy atom. The van der Waals surface area contributed by atoms with Gasteiger partial charge in [-0.3, -0.25) is 4.79 Å². The van der Waals surface area contributed by atoms with Crippen LogP contribution in [0.4, 0.5) is 4.39 Å². The minimum Gasteiger partial charge on any atom is -0.379 e. The molecule has 0 radical (unpaired) electrons. The van der Waals surface area contributed by atoms with E-state index in [0.717, 1.165) is 17.2 Å². The minimum atomic E-state index is -0.320. The minimum absolute atomic E-state index is 0.0310. The number of allylic oxidation sites excluding steroid dienone is 1. The topological polar surface area (TPSA) is 20.3 Å². The van der Waals surface area contributed by atoms with Crippen molar-refractivity contribution >= 4 is 17.5 Å². The summed E-state index contributed by atoms with van der Waals surface area (Å²) >= 11 is 1.55. The van der Waals surface area contributed by atoms with Gasteiger partial charge in [0.2, 0.25) is 5.78 Å². The zero-order valence-electron chi connectivity index (χ0n) is 8.94. The maximum Gasteiger partial charge on any atom is 0.200 e. The molecule has 2 rings (SSSR count). The molecular weight excluding hydrogens is 225 g/mol.